The molecule has 2 aromatic heterocycles. The third-order valence-electron chi connectivity index (χ3n) is 7.67. The van der Waals surface area contributed by atoms with Crippen LogP contribution in [0.4, 0.5) is 0 Å². The average molecular weight is 515 g/mol. The van der Waals surface area contributed by atoms with E-state index < -0.39 is 0 Å². The van der Waals surface area contributed by atoms with E-state index in [-0.39, 0.29) is 5.41 Å². The van der Waals surface area contributed by atoms with E-state index in [2.05, 4.69) is 74.4 Å². The van der Waals surface area contributed by atoms with E-state index in [1.807, 2.05) is 18.2 Å². The van der Waals surface area contributed by atoms with Crippen LogP contribution in [0.1, 0.15) is 48.2 Å². The summed E-state index contributed by atoms with van der Waals surface area (Å²) in [7, 11) is 0. The molecule has 0 N–H and O–H groups in total. The number of aromatic nitrogens is 2. The van der Waals surface area contributed by atoms with Crippen LogP contribution < -0.4 is 4.74 Å². The Morgan fingerprint density at radius 3 is 2.35 bits per heavy atom. The predicted octanol–water partition coefficient (Wildman–Crippen LogP) is 7.32. The molecule has 3 atom stereocenters. The lowest BCUT2D eigenvalue weighted by Gasteiger charge is -2.39. The molecule has 0 saturated heterocycles. The third kappa shape index (κ3) is 3.86. The zero-order valence-corrected chi connectivity index (χ0v) is 20.6. The molecular weight excluding hydrogens is 488 g/mol. The quantitative estimate of drug-likeness (QED) is 0.242. The highest BCUT2D eigenvalue weighted by molar-refractivity contribution is 9.08. The first-order valence-electron chi connectivity index (χ1n) is 12.0. The summed E-state index contributed by atoms with van der Waals surface area (Å²) in [6.07, 6.45) is 8.73. The second kappa shape index (κ2) is 9.03. The van der Waals surface area contributed by atoms with Gasteiger partial charge in [0.05, 0.1) is 11.4 Å². The van der Waals surface area contributed by atoms with Gasteiger partial charge in [0.2, 0.25) is 5.89 Å². The summed E-state index contributed by atoms with van der Waals surface area (Å²) >= 11 is 3.44. The van der Waals surface area contributed by atoms with Crippen LogP contribution in [0.3, 0.4) is 0 Å². The van der Waals surface area contributed by atoms with E-state index in [0.29, 0.717) is 23.7 Å². The second-order valence-electron chi connectivity index (χ2n) is 9.54. The molecule has 2 aliphatic carbocycles. The van der Waals surface area contributed by atoms with Crippen LogP contribution in [0.5, 0.6) is 5.75 Å². The number of benzene rings is 2. The van der Waals surface area contributed by atoms with Gasteiger partial charge in [0.25, 0.3) is 0 Å². The highest BCUT2D eigenvalue weighted by atomic mass is 79.9. The Bertz CT molecular complexity index is 1250. The molecule has 2 unspecified atom stereocenters. The van der Waals surface area contributed by atoms with Crippen molar-refractivity contribution in [1.82, 2.24) is 9.97 Å². The Labute approximate surface area is 208 Å². The molecule has 0 aliphatic heterocycles. The Hall–Kier alpha value is -2.92. The first-order valence-corrected chi connectivity index (χ1v) is 13.1. The van der Waals surface area contributed by atoms with Crippen LogP contribution in [0.15, 0.2) is 83.6 Å². The highest BCUT2D eigenvalue weighted by Crippen LogP contribution is 2.60. The molecule has 2 fully saturated rings. The number of pyridine rings is 1. The molecule has 4 nitrogen and oxygen atoms in total. The molecule has 0 amide bonds. The van der Waals surface area contributed by atoms with Gasteiger partial charge in [-0.15, -0.1) is 0 Å². The summed E-state index contributed by atoms with van der Waals surface area (Å²) in [6, 6.07) is 23.6. The lowest BCUT2D eigenvalue weighted by atomic mass is 9.64. The van der Waals surface area contributed by atoms with Crippen LogP contribution in [-0.4, -0.2) is 9.97 Å². The summed E-state index contributed by atoms with van der Waals surface area (Å²) in [5.74, 6) is 3.07. The minimum absolute atomic E-state index is 0.0680. The lowest BCUT2D eigenvalue weighted by Crippen LogP contribution is -2.34. The highest BCUT2D eigenvalue weighted by Gasteiger charge is 2.52. The van der Waals surface area contributed by atoms with E-state index in [4.69, 9.17) is 9.15 Å². The minimum Gasteiger partial charge on any atom is -0.487 e. The summed E-state index contributed by atoms with van der Waals surface area (Å²) in [6.45, 7) is 0.481. The van der Waals surface area contributed by atoms with Gasteiger partial charge in [-0.1, -0.05) is 52.7 Å². The number of oxazole rings is 1. The second-order valence-corrected chi connectivity index (χ2v) is 10.1. The van der Waals surface area contributed by atoms with Crippen molar-refractivity contribution in [3.05, 3.63) is 102 Å². The molecule has 6 rings (SSSR count). The molecule has 2 aliphatic rings. The Balaban J connectivity index is 1.28. The molecule has 2 saturated carbocycles. The van der Waals surface area contributed by atoms with Crippen molar-refractivity contribution < 1.29 is 9.15 Å². The predicted molar refractivity (Wildman–Crippen MR) is 136 cm³/mol. The van der Waals surface area contributed by atoms with Crippen molar-refractivity contribution in [2.24, 2.45) is 11.8 Å². The number of fused-ring (bicyclic) bond motifs is 2. The normalized spacial score (nSPS) is 23.3. The van der Waals surface area contributed by atoms with Crippen molar-refractivity contribution in [3.8, 4) is 17.2 Å². The van der Waals surface area contributed by atoms with Crippen LogP contribution in [-0.2, 0) is 17.4 Å². The number of hydrogen-bond donors (Lipinski definition) is 0. The SMILES string of the molecule is BrCc1coc(-c2ccc([C@]3(c4ccc(OCc5ccccn5)cc4)CC4CCC3C4)cc2)n1. The molecule has 172 valence electrons. The number of rotatable bonds is 7. The zero-order valence-electron chi connectivity index (χ0n) is 19.0. The first kappa shape index (κ1) is 21.6. The summed E-state index contributed by atoms with van der Waals surface area (Å²) in [5.41, 5.74) is 5.73. The number of alkyl halides is 1. The maximum Gasteiger partial charge on any atom is 0.226 e. The fraction of sp³-hybridized carbons (Fsp3) is 0.310. The van der Waals surface area contributed by atoms with Gasteiger partial charge in [-0.25, -0.2) is 4.98 Å². The standard InChI is InChI=1S/C29H27BrN2O2/c30-17-26-19-34-28(32-26)21-5-8-22(9-6-21)29(16-20-4-7-24(29)15-20)23-10-12-27(13-11-23)33-18-25-3-1-2-14-31-25/h1-3,5-6,8-14,19-20,24H,4,7,15-18H2/t20?,24?,29-/m0/s1. The van der Waals surface area contributed by atoms with Gasteiger partial charge in [0.15, 0.2) is 0 Å². The monoisotopic (exact) mass is 514 g/mol. The molecule has 34 heavy (non-hydrogen) atoms. The van der Waals surface area contributed by atoms with Crippen LogP contribution in [0, 0.1) is 11.8 Å². The smallest absolute Gasteiger partial charge is 0.226 e. The molecule has 2 aromatic carbocycles. The van der Waals surface area contributed by atoms with Crippen molar-refractivity contribution >= 4 is 15.9 Å². The fourth-order valence-electron chi connectivity index (χ4n) is 6.10. The summed E-state index contributed by atoms with van der Waals surface area (Å²) in [4.78, 5) is 8.90. The average Bonchev–Trinajstić information content (AvgIpc) is 3.65. The topological polar surface area (TPSA) is 48.2 Å². The largest absolute Gasteiger partial charge is 0.487 e. The van der Waals surface area contributed by atoms with E-state index in [9.17, 15) is 0 Å². The molecular formula is C29H27BrN2O2. The lowest BCUT2D eigenvalue weighted by molar-refractivity contribution is 0.299. The number of hydrogen-bond acceptors (Lipinski definition) is 4. The fourth-order valence-corrected chi connectivity index (χ4v) is 6.36. The van der Waals surface area contributed by atoms with Crippen molar-refractivity contribution in [3.63, 3.8) is 0 Å². The van der Waals surface area contributed by atoms with E-state index >= 15 is 0 Å². The number of ether oxygens (including phenoxy) is 1. The first-order chi connectivity index (χ1) is 16.7. The Morgan fingerprint density at radius 1 is 0.941 bits per heavy atom. The van der Waals surface area contributed by atoms with E-state index in [1.165, 1.54) is 36.8 Å². The Kier molecular flexibility index (Phi) is 5.74. The zero-order chi connectivity index (χ0) is 23.0. The molecule has 0 radical (unpaired) electrons. The van der Waals surface area contributed by atoms with Crippen LogP contribution >= 0.6 is 15.9 Å². The van der Waals surface area contributed by atoms with Gasteiger partial charge >= 0.3 is 0 Å². The third-order valence-corrected chi connectivity index (χ3v) is 8.24. The molecule has 4 aromatic rings. The molecule has 0 spiro atoms. The summed E-state index contributed by atoms with van der Waals surface area (Å²) < 4.78 is 11.7. The van der Waals surface area contributed by atoms with Gasteiger partial charge < -0.3 is 9.15 Å². The van der Waals surface area contributed by atoms with Crippen molar-refractivity contribution in [2.75, 3.05) is 0 Å². The molecule has 5 heteroatoms. The van der Waals surface area contributed by atoms with Crippen molar-refractivity contribution in [2.45, 2.75) is 43.0 Å². The number of halogens is 1. The van der Waals surface area contributed by atoms with Crippen LogP contribution in [0.2, 0.25) is 0 Å². The Morgan fingerprint density at radius 2 is 1.74 bits per heavy atom. The van der Waals surface area contributed by atoms with Gasteiger partial charge in [-0.05, 0) is 78.6 Å². The van der Waals surface area contributed by atoms with Crippen LogP contribution in [0.25, 0.3) is 11.5 Å². The van der Waals surface area contributed by atoms with Gasteiger partial charge in [-0.2, -0.15) is 0 Å². The maximum absolute atomic E-state index is 6.00. The molecule has 2 heterocycles. The number of nitrogens with zero attached hydrogens (tertiary/aromatic N) is 2. The summed E-state index contributed by atoms with van der Waals surface area (Å²) in [5, 5.41) is 0.697. The van der Waals surface area contributed by atoms with Crippen molar-refractivity contribution in [1.29, 1.82) is 0 Å². The minimum atomic E-state index is 0.0680. The maximum atomic E-state index is 6.00. The van der Waals surface area contributed by atoms with E-state index in [1.54, 1.807) is 12.5 Å². The van der Waals surface area contributed by atoms with E-state index in [0.717, 1.165) is 28.6 Å². The van der Waals surface area contributed by atoms with Gasteiger partial charge in [0, 0.05) is 22.5 Å². The van der Waals surface area contributed by atoms with Gasteiger partial charge in [0.1, 0.15) is 18.6 Å². The van der Waals surface area contributed by atoms with Gasteiger partial charge in [-0.3, -0.25) is 4.98 Å². The molecule has 2 bridgehead atoms.